The number of hydrogen-bond acceptors (Lipinski definition) is 7. The molecule has 0 radical (unpaired) electrons. The Balaban J connectivity index is 1.18. The summed E-state index contributed by atoms with van der Waals surface area (Å²) in [7, 11) is 0. The van der Waals surface area contributed by atoms with Crippen molar-refractivity contribution in [2.45, 2.75) is 0 Å². The minimum atomic E-state index is 0.560. The molecule has 0 aliphatic rings. The van der Waals surface area contributed by atoms with Crippen LogP contribution >= 0.6 is 0 Å². The van der Waals surface area contributed by atoms with Gasteiger partial charge in [0.2, 0.25) is 0 Å². The Hall–Kier alpha value is -7.77. The van der Waals surface area contributed by atoms with E-state index >= 15 is 0 Å². The van der Waals surface area contributed by atoms with Crippen LogP contribution in [0.25, 0.3) is 101 Å². The summed E-state index contributed by atoms with van der Waals surface area (Å²) < 4.78 is 0. The van der Waals surface area contributed by atoms with Gasteiger partial charge in [-0.2, -0.15) is 0 Å². The van der Waals surface area contributed by atoms with E-state index in [1.54, 1.807) is 0 Å². The molecule has 0 unspecified atom stereocenters. The van der Waals surface area contributed by atoms with E-state index in [4.69, 9.17) is 15.0 Å². The van der Waals surface area contributed by atoms with Crippen molar-refractivity contribution in [2.75, 3.05) is 0 Å². The number of fused-ring (bicyclic) bond motifs is 2. The number of rotatable bonds is 7. The van der Waals surface area contributed by atoms with Crippen LogP contribution in [0, 0.1) is 0 Å². The van der Waals surface area contributed by atoms with E-state index in [-0.39, 0.29) is 0 Å². The monoisotopic (exact) mass is 717 g/mol. The Morgan fingerprint density at radius 2 is 0.679 bits per heavy atom. The minimum Gasteiger partial charge on any atom is -0.256 e. The fraction of sp³-hybridized carbons (Fsp3) is 0. The van der Waals surface area contributed by atoms with Crippen LogP contribution in [0.4, 0.5) is 0 Å². The number of aromatic nitrogens is 7. The molecule has 0 amide bonds. The summed E-state index contributed by atoms with van der Waals surface area (Å²) in [6, 6.07) is 55.6. The number of pyridine rings is 4. The van der Waals surface area contributed by atoms with Gasteiger partial charge in [-0.05, 0) is 89.0 Å². The van der Waals surface area contributed by atoms with Gasteiger partial charge < -0.3 is 0 Å². The molecule has 0 saturated carbocycles. The third kappa shape index (κ3) is 6.33. The lowest BCUT2D eigenvalue weighted by Gasteiger charge is -2.14. The first-order chi connectivity index (χ1) is 27.7. The average molecular weight is 718 g/mol. The van der Waals surface area contributed by atoms with Crippen molar-refractivity contribution in [3.8, 4) is 78.9 Å². The Morgan fingerprint density at radius 3 is 1.14 bits per heavy atom. The highest BCUT2D eigenvalue weighted by molar-refractivity contribution is 5.95. The molecule has 56 heavy (non-hydrogen) atoms. The second-order valence-corrected chi connectivity index (χ2v) is 13.4. The third-order valence-corrected chi connectivity index (χ3v) is 9.96. The van der Waals surface area contributed by atoms with Gasteiger partial charge in [0.1, 0.15) is 0 Å². The van der Waals surface area contributed by atoms with Crippen molar-refractivity contribution in [3.05, 3.63) is 189 Å². The van der Waals surface area contributed by atoms with Crippen LogP contribution in [0.15, 0.2) is 189 Å². The minimum absolute atomic E-state index is 0.560. The van der Waals surface area contributed by atoms with Crippen molar-refractivity contribution >= 4 is 21.8 Å². The van der Waals surface area contributed by atoms with E-state index in [0.717, 1.165) is 83.3 Å². The summed E-state index contributed by atoms with van der Waals surface area (Å²) in [5.41, 5.74) is 12.5. The summed E-state index contributed by atoms with van der Waals surface area (Å²) in [6.07, 6.45) is 7.26. The maximum atomic E-state index is 5.22. The van der Waals surface area contributed by atoms with Gasteiger partial charge >= 0.3 is 0 Å². The van der Waals surface area contributed by atoms with Gasteiger partial charge in [0.25, 0.3) is 0 Å². The van der Waals surface area contributed by atoms with Crippen LogP contribution in [0.2, 0.25) is 0 Å². The maximum Gasteiger partial charge on any atom is 0.164 e. The standard InChI is InChI=1S/C49H31N7/c1-3-13-45-39(9-1)41(23-27-52-45)48-54-47(55-49(56-48)42-24-28-53-46-14-4-2-10-40(42)46)38-30-36(32-15-19-34(20-16-32)43-11-5-7-25-50-43)29-37(31-38)33-17-21-35(22-18-33)44-12-6-8-26-51-44/h1-31H. The van der Waals surface area contributed by atoms with E-state index in [0.29, 0.717) is 17.5 Å². The zero-order valence-corrected chi connectivity index (χ0v) is 30.0. The molecule has 5 heterocycles. The zero-order valence-electron chi connectivity index (χ0n) is 30.0. The van der Waals surface area contributed by atoms with Gasteiger partial charge in [0.05, 0.1) is 22.4 Å². The molecule has 0 bridgehead atoms. The molecule has 262 valence electrons. The molecule has 0 N–H and O–H groups in total. The quantitative estimate of drug-likeness (QED) is 0.162. The van der Waals surface area contributed by atoms with Gasteiger partial charge in [0.15, 0.2) is 17.5 Å². The van der Waals surface area contributed by atoms with Crippen molar-refractivity contribution in [1.82, 2.24) is 34.9 Å². The first-order valence-corrected chi connectivity index (χ1v) is 18.4. The summed E-state index contributed by atoms with van der Waals surface area (Å²) >= 11 is 0. The fourth-order valence-electron chi connectivity index (χ4n) is 7.15. The lowest BCUT2D eigenvalue weighted by atomic mass is 9.94. The van der Waals surface area contributed by atoms with Gasteiger partial charge in [-0.1, -0.05) is 97.1 Å². The molecule has 7 nitrogen and oxygen atoms in total. The molecular formula is C49H31N7. The highest BCUT2D eigenvalue weighted by Crippen LogP contribution is 2.36. The highest BCUT2D eigenvalue weighted by atomic mass is 15.0. The molecular weight excluding hydrogens is 687 g/mol. The normalized spacial score (nSPS) is 11.2. The molecule has 0 aliphatic carbocycles. The summed E-state index contributed by atoms with van der Waals surface area (Å²) in [6.45, 7) is 0. The first-order valence-electron chi connectivity index (χ1n) is 18.4. The number of nitrogens with zero attached hydrogens (tertiary/aromatic N) is 7. The average Bonchev–Trinajstić information content (AvgIpc) is 3.29. The molecule has 5 aromatic carbocycles. The molecule has 5 aromatic heterocycles. The molecule has 7 heteroatoms. The van der Waals surface area contributed by atoms with Gasteiger partial charge in [-0.3, -0.25) is 19.9 Å². The lowest BCUT2D eigenvalue weighted by Crippen LogP contribution is -2.02. The molecule has 10 aromatic rings. The van der Waals surface area contributed by atoms with Crippen LogP contribution in [0.1, 0.15) is 0 Å². The Bertz CT molecular complexity index is 2790. The summed E-state index contributed by atoms with van der Waals surface area (Å²) in [5.74, 6) is 1.69. The predicted molar refractivity (Wildman–Crippen MR) is 224 cm³/mol. The molecule has 10 rings (SSSR count). The lowest BCUT2D eigenvalue weighted by molar-refractivity contribution is 1.08. The second-order valence-electron chi connectivity index (χ2n) is 13.4. The Morgan fingerprint density at radius 1 is 0.268 bits per heavy atom. The smallest absolute Gasteiger partial charge is 0.164 e. The van der Waals surface area contributed by atoms with Crippen molar-refractivity contribution < 1.29 is 0 Å². The van der Waals surface area contributed by atoms with Crippen LogP contribution in [0.3, 0.4) is 0 Å². The molecule has 0 saturated heterocycles. The van der Waals surface area contributed by atoms with Gasteiger partial charge in [-0.15, -0.1) is 0 Å². The summed E-state index contributed by atoms with van der Waals surface area (Å²) in [5, 5.41) is 1.93. The van der Waals surface area contributed by atoms with Gasteiger partial charge in [-0.25, -0.2) is 15.0 Å². The third-order valence-electron chi connectivity index (χ3n) is 9.96. The van der Waals surface area contributed by atoms with E-state index < -0.39 is 0 Å². The maximum absolute atomic E-state index is 5.22. The van der Waals surface area contributed by atoms with Gasteiger partial charge in [0, 0.05) is 63.4 Å². The largest absolute Gasteiger partial charge is 0.256 e. The van der Waals surface area contributed by atoms with E-state index in [2.05, 4.69) is 98.8 Å². The number of hydrogen-bond donors (Lipinski definition) is 0. The summed E-state index contributed by atoms with van der Waals surface area (Å²) in [4.78, 5) is 34.0. The number of para-hydroxylation sites is 2. The van der Waals surface area contributed by atoms with E-state index in [9.17, 15) is 0 Å². The Labute approximate surface area is 323 Å². The zero-order chi connectivity index (χ0) is 37.3. The Kier molecular flexibility index (Phi) is 8.35. The second kappa shape index (κ2) is 14.2. The van der Waals surface area contributed by atoms with Crippen molar-refractivity contribution in [1.29, 1.82) is 0 Å². The van der Waals surface area contributed by atoms with Crippen LogP contribution < -0.4 is 0 Å². The SMILES string of the molecule is c1ccc(-c2ccc(-c3cc(-c4ccc(-c5ccccn5)cc4)cc(-c4nc(-c5ccnc6ccccc56)nc(-c5ccnc6ccccc56)n4)c3)cc2)nc1. The molecule has 0 atom stereocenters. The molecule has 0 aliphatic heterocycles. The predicted octanol–water partition coefficient (Wildman–Crippen LogP) is 11.4. The van der Waals surface area contributed by atoms with E-state index in [1.807, 2.05) is 110 Å². The molecule has 0 fully saturated rings. The van der Waals surface area contributed by atoms with Crippen LogP contribution in [-0.4, -0.2) is 34.9 Å². The van der Waals surface area contributed by atoms with Crippen molar-refractivity contribution in [3.63, 3.8) is 0 Å². The topological polar surface area (TPSA) is 90.2 Å². The fourth-order valence-corrected chi connectivity index (χ4v) is 7.15. The van der Waals surface area contributed by atoms with Crippen LogP contribution in [0.5, 0.6) is 0 Å². The van der Waals surface area contributed by atoms with Crippen LogP contribution in [-0.2, 0) is 0 Å². The van der Waals surface area contributed by atoms with Crippen molar-refractivity contribution in [2.24, 2.45) is 0 Å². The number of benzene rings is 5. The highest BCUT2D eigenvalue weighted by Gasteiger charge is 2.18. The molecule has 0 spiro atoms. The first kappa shape index (κ1) is 32.8. The van der Waals surface area contributed by atoms with E-state index in [1.165, 1.54) is 0 Å².